The first-order valence-electron chi connectivity index (χ1n) is 9.56. The second-order valence-corrected chi connectivity index (χ2v) is 7.77. The first-order chi connectivity index (χ1) is 12.1. The predicted molar refractivity (Wildman–Crippen MR) is 96.3 cm³/mol. The van der Waals surface area contributed by atoms with Crippen molar-refractivity contribution in [1.29, 1.82) is 0 Å². The maximum atomic E-state index is 12.8. The number of carbonyl (C=O) groups excluding carboxylic acids is 2. The molecule has 5 nitrogen and oxygen atoms in total. The molecule has 3 aliphatic rings. The molecule has 3 amide bonds. The lowest BCUT2D eigenvalue weighted by molar-refractivity contribution is 0.0788. The van der Waals surface area contributed by atoms with Crippen LogP contribution < -0.4 is 5.32 Å². The fraction of sp³-hybridized carbons (Fsp3) is 0.600. The van der Waals surface area contributed by atoms with Crippen molar-refractivity contribution in [3.63, 3.8) is 0 Å². The van der Waals surface area contributed by atoms with Crippen molar-refractivity contribution in [3.8, 4) is 0 Å². The molecule has 2 aliphatic carbocycles. The molecule has 1 aromatic carbocycles. The summed E-state index contributed by atoms with van der Waals surface area (Å²) in [5.74, 6) is 0.744. The van der Waals surface area contributed by atoms with Gasteiger partial charge in [0.15, 0.2) is 0 Å². The molecule has 2 atom stereocenters. The van der Waals surface area contributed by atoms with Crippen LogP contribution in [0.3, 0.4) is 0 Å². The Morgan fingerprint density at radius 1 is 1.12 bits per heavy atom. The van der Waals surface area contributed by atoms with Crippen LogP contribution in [0.15, 0.2) is 30.3 Å². The van der Waals surface area contributed by atoms with Gasteiger partial charge in [-0.25, -0.2) is 4.79 Å². The molecule has 1 aromatic rings. The summed E-state index contributed by atoms with van der Waals surface area (Å²) in [6, 6.07) is 10.3. The number of amides is 3. The molecule has 25 heavy (non-hydrogen) atoms. The van der Waals surface area contributed by atoms with Gasteiger partial charge >= 0.3 is 6.03 Å². The Bertz CT molecular complexity index is 640. The van der Waals surface area contributed by atoms with Gasteiger partial charge in [0.05, 0.1) is 0 Å². The van der Waals surface area contributed by atoms with Crippen LogP contribution in [0.5, 0.6) is 0 Å². The van der Waals surface area contributed by atoms with Crippen molar-refractivity contribution >= 4 is 11.9 Å². The third-order valence-electron chi connectivity index (χ3n) is 5.74. The highest BCUT2D eigenvalue weighted by Gasteiger charge is 2.42. The van der Waals surface area contributed by atoms with Gasteiger partial charge < -0.3 is 15.1 Å². The lowest BCUT2D eigenvalue weighted by atomic mass is 10.2. The van der Waals surface area contributed by atoms with Crippen molar-refractivity contribution in [2.45, 2.75) is 57.2 Å². The summed E-state index contributed by atoms with van der Waals surface area (Å²) >= 11 is 0. The first kappa shape index (κ1) is 16.4. The van der Waals surface area contributed by atoms with Crippen molar-refractivity contribution in [2.75, 3.05) is 13.1 Å². The van der Waals surface area contributed by atoms with Crippen LogP contribution in [0.25, 0.3) is 0 Å². The average molecular weight is 341 g/mol. The SMILES string of the molecule is C[C@H](C1CC1)N(C(=O)N[C@@H]1CCN(C(=O)c2ccccc2)C1)C1CC1. The van der Waals surface area contributed by atoms with Crippen LogP contribution in [0.4, 0.5) is 4.79 Å². The molecule has 1 N–H and O–H groups in total. The highest BCUT2D eigenvalue weighted by molar-refractivity contribution is 5.94. The summed E-state index contributed by atoms with van der Waals surface area (Å²) in [5, 5.41) is 3.19. The minimum Gasteiger partial charge on any atom is -0.337 e. The summed E-state index contributed by atoms with van der Waals surface area (Å²) in [4.78, 5) is 29.3. The molecular weight excluding hydrogens is 314 g/mol. The molecule has 134 valence electrons. The van der Waals surface area contributed by atoms with Crippen LogP contribution >= 0.6 is 0 Å². The lowest BCUT2D eigenvalue weighted by Gasteiger charge is -2.31. The molecule has 1 saturated heterocycles. The summed E-state index contributed by atoms with van der Waals surface area (Å²) in [5.41, 5.74) is 0.719. The van der Waals surface area contributed by atoms with Crippen molar-refractivity contribution < 1.29 is 9.59 Å². The number of rotatable bonds is 5. The van der Waals surface area contributed by atoms with E-state index in [-0.39, 0.29) is 18.0 Å². The van der Waals surface area contributed by atoms with E-state index in [1.807, 2.05) is 35.2 Å². The summed E-state index contributed by atoms with van der Waals surface area (Å²) in [6.07, 6.45) is 5.60. The molecule has 3 fully saturated rings. The Morgan fingerprint density at radius 2 is 1.84 bits per heavy atom. The molecule has 0 aromatic heterocycles. The predicted octanol–water partition coefficient (Wildman–Crippen LogP) is 2.87. The maximum absolute atomic E-state index is 12.8. The topological polar surface area (TPSA) is 52.7 Å². The molecule has 0 spiro atoms. The molecule has 0 bridgehead atoms. The molecule has 1 heterocycles. The van der Waals surface area contributed by atoms with Crippen LogP contribution in [0.1, 0.15) is 49.4 Å². The highest BCUT2D eigenvalue weighted by atomic mass is 16.2. The summed E-state index contributed by atoms with van der Waals surface area (Å²) in [6.45, 7) is 3.51. The van der Waals surface area contributed by atoms with E-state index in [1.54, 1.807) is 0 Å². The lowest BCUT2D eigenvalue weighted by Crippen LogP contribution is -2.51. The van der Waals surface area contributed by atoms with Gasteiger partial charge in [-0.2, -0.15) is 0 Å². The zero-order valence-electron chi connectivity index (χ0n) is 14.9. The second-order valence-electron chi connectivity index (χ2n) is 7.77. The quantitative estimate of drug-likeness (QED) is 0.895. The van der Waals surface area contributed by atoms with E-state index in [2.05, 4.69) is 17.1 Å². The summed E-state index contributed by atoms with van der Waals surface area (Å²) < 4.78 is 0. The number of nitrogens with zero attached hydrogens (tertiary/aromatic N) is 2. The molecular formula is C20H27N3O2. The minimum atomic E-state index is 0.0581. The van der Waals surface area contributed by atoms with Crippen molar-refractivity contribution in [1.82, 2.24) is 15.1 Å². The van der Waals surface area contributed by atoms with Gasteiger partial charge in [0.25, 0.3) is 5.91 Å². The number of carbonyl (C=O) groups is 2. The third-order valence-corrected chi connectivity index (χ3v) is 5.74. The number of hydrogen-bond donors (Lipinski definition) is 1. The Morgan fingerprint density at radius 3 is 2.48 bits per heavy atom. The number of nitrogens with one attached hydrogen (secondary N) is 1. The fourth-order valence-electron chi connectivity index (χ4n) is 3.92. The number of hydrogen-bond acceptors (Lipinski definition) is 2. The van der Waals surface area contributed by atoms with Gasteiger partial charge in [-0.3, -0.25) is 4.79 Å². The van der Waals surface area contributed by atoms with Gasteiger partial charge in [0, 0.05) is 36.8 Å². The van der Waals surface area contributed by atoms with Crippen molar-refractivity contribution in [2.24, 2.45) is 5.92 Å². The van der Waals surface area contributed by atoms with E-state index in [0.717, 1.165) is 24.8 Å². The van der Waals surface area contributed by atoms with E-state index in [9.17, 15) is 9.59 Å². The number of urea groups is 1. The number of likely N-dealkylation sites (tertiary alicyclic amines) is 1. The van der Waals surface area contributed by atoms with Crippen LogP contribution in [-0.4, -0.2) is 53.0 Å². The molecule has 1 aliphatic heterocycles. The molecule has 5 heteroatoms. The molecule has 0 unspecified atom stereocenters. The summed E-state index contributed by atoms with van der Waals surface area (Å²) in [7, 11) is 0. The Hall–Kier alpha value is -2.04. The zero-order valence-corrected chi connectivity index (χ0v) is 14.9. The molecule has 4 rings (SSSR count). The second kappa shape index (κ2) is 6.70. The fourth-order valence-corrected chi connectivity index (χ4v) is 3.92. The third kappa shape index (κ3) is 3.65. The van der Waals surface area contributed by atoms with E-state index < -0.39 is 0 Å². The first-order valence-corrected chi connectivity index (χ1v) is 9.56. The Balaban J connectivity index is 1.34. The average Bonchev–Trinajstić information content (AvgIpc) is 3.54. The number of benzene rings is 1. The largest absolute Gasteiger partial charge is 0.337 e. The van der Waals surface area contributed by atoms with Crippen molar-refractivity contribution in [3.05, 3.63) is 35.9 Å². The maximum Gasteiger partial charge on any atom is 0.318 e. The molecule has 2 saturated carbocycles. The zero-order chi connectivity index (χ0) is 17.4. The smallest absolute Gasteiger partial charge is 0.318 e. The van der Waals surface area contributed by atoms with E-state index in [1.165, 1.54) is 12.8 Å². The highest BCUT2D eigenvalue weighted by Crippen LogP contribution is 2.39. The monoisotopic (exact) mass is 341 g/mol. The van der Waals surface area contributed by atoms with Gasteiger partial charge in [-0.15, -0.1) is 0 Å². The van der Waals surface area contributed by atoms with Gasteiger partial charge in [0.2, 0.25) is 0 Å². The van der Waals surface area contributed by atoms with Crippen LogP contribution in [0, 0.1) is 5.92 Å². The normalized spacial score (nSPS) is 24.0. The Labute approximate surface area is 149 Å². The Kier molecular flexibility index (Phi) is 4.40. The standard InChI is InChI=1S/C20H27N3O2/c1-14(15-7-8-15)23(18-9-10-18)20(25)21-17-11-12-22(13-17)19(24)16-5-3-2-4-6-16/h2-6,14-15,17-18H,7-13H2,1H3,(H,21,25)/t14-,17-/m1/s1. The van der Waals surface area contributed by atoms with Crippen LogP contribution in [-0.2, 0) is 0 Å². The van der Waals surface area contributed by atoms with Gasteiger partial charge in [-0.05, 0) is 57.1 Å². The van der Waals surface area contributed by atoms with E-state index in [4.69, 9.17) is 0 Å². The van der Waals surface area contributed by atoms with E-state index >= 15 is 0 Å². The van der Waals surface area contributed by atoms with E-state index in [0.29, 0.717) is 31.1 Å². The molecule has 0 radical (unpaired) electrons. The minimum absolute atomic E-state index is 0.0581. The van der Waals surface area contributed by atoms with Crippen LogP contribution in [0.2, 0.25) is 0 Å². The van der Waals surface area contributed by atoms with Gasteiger partial charge in [-0.1, -0.05) is 18.2 Å². The van der Waals surface area contributed by atoms with Gasteiger partial charge in [0.1, 0.15) is 0 Å².